The number of halogens is 16. The number of nitrogens with one attached hydrogen (secondary N) is 4. The van der Waals surface area contributed by atoms with Crippen LogP contribution in [-0.4, -0.2) is 86.0 Å². The first-order chi connectivity index (χ1) is 33.7. The molecule has 0 radical (unpaired) electrons. The number of carbonyl (C=O) groups is 5. The van der Waals surface area contributed by atoms with Crippen molar-refractivity contribution < 1.29 is 81.5 Å². The van der Waals surface area contributed by atoms with Crippen molar-refractivity contribution in [3.63, 3.8) is 0 Å². The fourth-order valence-electron chi connectivity index (χ4n) is 6.30. The average Bonchev–Trinajstić information content (AvgIpc) is 3.75. The second-order valence-electron chi connectivity index (χ2n) is 15.1. The lowest BCUT2D eigenvalue weighted by Gasteiger charge is -2.29. The SMILES string of the molecule is CC.Cc1cc(C(=O)/C=C(\c2cc(Cl)cc(Cl)c2)C(F)(F)F)ccc1C(=O)NCC(=O)NCC(F)(F)F.Cc1cc(C2=NOC(c3cc(Cl)cc(Cl)c3)(C(F)(F)F)C2)ccc1C(=O)NCC(=O)NCC(F)(F)F. The van der Waals surface area contributed by atoms with Crippen molar-refractivity contribution in [1.82, 2.24) is 21.3 Å². The van der Waals surface area contributed by atoms with Gasteiger partial charge in [0.2, 0.25) is 11.8 Å². The third-order valence-electron chi connectivity index (χ3n) is 9.62. The Kier molecular flexibility index (Phi) is 21.2. The van der Waals surface area contributed by atoms with Gasteiger partial charge in [0.15, 0.2) is 5.78 Å². The molecule has 5 rings (SSSR count). The number of alkyl halides is 12. The van der Waals surface area contributed by atoms with Crippen molar-refractivity contribution in [1.29, 1.82) is 0 Å². The fourth-order valence-corrected chi connectivity index (χ4v) is 7.35. The molecule has 4 amide bonds. The van der Waals surface area contributed by atoms with Crippen LogP contribution in [0.5, 0.6) is 0 Å². The monoisotopic (exact) mass is 1130 g/mol. The Bertz CT molecular complexity index is 2720. The van der Waals surface area contributed by atoms with Gasteiger partial charge in [-0.25, -0.2) is 0 Å². The first-order valence-electron chi connectivity index (χ1n) is 20.7. The Balaban J connectivity index is 0.000000373. The maximum absolute atomic E-state index is 14.1. The van der Waals surface area contributed by atoms with E-state index in [1.165, 1.54) is 44.2 Å². The lowest BCUT2D eigenvalue weighted by molar-refractivity contribution is -0.275. The van der Waals surface area contributed by atoms with Crippen LogP contribution in [0.4, 0.5) is 52.7 Å². The smallest absolute Gasteiger partial charge is 0.374 e. The second-order valence-corrected chi connectivity index (χ2v) is 16.8. The van der Waals surface area contributed by atoms with E-state index in [0.29, 0.717) is 11.6 Å². The molecule has 4 aromatic rings. The number of amides is 4. The Morgan fingerprint density at radius 1 is 0.603 bits per heavy atom. The van der Waals surface area contributed by atoms with Crippen LogP contribution in [0.15, 0.2) is 84.0 Å². The minimum atomic E-state index is -4.91. The first kappa shape index (κ1) is 61.3. The van der Waals surface area contributed by atoms with Crippen molar-refractivity contribution in [3.8, 4) is 0 Å². The summed E-state index contributed by atoms with van der Waals surface area (Å²) in [6.07, 6.45) is -19.3. The van der Waals surface area contributed by atoms with Gasteiger partial charge >= 0.3 is 24.7 Å². The molecule has 0 saturated heterocycles. The van der Waals surface area contributed by atoms with Crippen LogP contribution in [0.2, 0.25) is 20.1 Å². The molecule has 0 aromatic heterocycles. The molecule has 0 saturated carbocycles. The van der Waals surface area contributed by atoms with Gasteiger partial charge < -0.3 is 26.1 Å². The van der Waals surface area contributed by atoms with E-state index in [0.717, 1.165) is 42.5 Å². The summed E-state index contributed by atoms with van der Waals surface area (Å²) in [6.45, 7) is 2.33. The van der Waals surface area contributed by atoms with Gasteiger partial charge in [-0.15, -0.1) is 0 Å². The Labute approximate surface area is 427 Å². The van der Waals surface area contributed by atoms with Gasteiger partial charge in [0.05, 0.1) is 24.4 Å². The fraction of sp³-hybridized carbons (Fsp3) is 0.304. The predicted octanol–water partition coefficient (Wildman–Crippen LogP) is 11.9. The molecule has 0 bridgehead atoms. The first-order valence-corrected chi connectivity index (χ1v) is 22.2. The van der Waals surface area contributed by atoms with Gasteiger partial charge in [0, 0.05) is 48.8 Å². The van der Waals surface area contributed by atoms with Crippen LogP contribution < -0.4 is 21.3 Å². The van der Waals surface area contributed by atoms with Gasteiger partial charge in [0.25, 0.3) is 17.4 Å². The highest BCUT2D eigenvalue weighted by atomic mass is 35.5. The molecule has 0 aliphatic carbocycles. The summed E-state index contributed by atoms with van der Waals surface area (Å²) in [5, 5.41) is 11.0. The predicted molar refractivity (Wildman–Crippen MR) is 248 cm³/mol. The van der Waals surface area contributed by atoms with Gasteiger partial charge in [-0.05, 0) is 103 Å². The summed E-state index contributed by atoms with van der Waals surface area (Å²) in [7, 11) is 0. The highest BCUT2D eigenvalue weighted by Gasteiger charge is 2.62. The van der Waals surface area contributed by atoms with E-state index in [1.807, 2.05) is 13.8 Å². The molecular weight excluding hydrogens is 1090 g/mol. The summed E-state index contributed by atoms with van der Waals surface area (Å²) in [5.41, 5.74) is -4.31. The number of ketones is 1. The van der Waals surface area contributed by atoms with E-state index < -0.39 is 103 Å². The van der Waals surface area contributed by atoms with Gasteiger partial charge in [-0.3, -0.25) is 24.0 Å². The van der Waals surface area contributed by atoms with Crippen LogP contribution in [0.1, 0.15) is 79.2 Å². The third-order valence-corrected chi connectivity index (χ3v) is 10.5. The quantitative estimate of drug-likeness (QED) is 0.0594. The van der Waals surface area contributed by atoms with Gasteiger partial charge in [0.1, 0.15) is 13.1 Å². The summed E-state index contributed by atoms with van der Waals surface area (Å²) in [6, 6.07) is 14.1. The molecule has 396 valence electrons. The van der Waals surface area contributed by atoms with Crippen LogP contribution in [0.3, 0.4) is 0 Å². The van der Waals surface area contributed by atoms with Crippen LogP contribution >= 0.6 is 46.4 Å². The molecule has 1 aliphatic heterocycles. The summed E-state index contributed by atoms with van der Waals surface area (Å²) in [5.74, 6) is -4.73. The number of hydrogen-bond donors (Lipinski definition) is 4. The van der Waals surface area contributed by atoms with Gasteiger partial charge in [-0.1, -0.05) is 77.5 Å². The van der Waals surface area contributed by atoms with E-state index in [9.17, 15) is 76.7 Å². The van der Waals surface area contributed by atoms with Crippen molar-refractivity contribution >= 4 is 87.1 Å². The molecule has 4 N–H and O–H groups in total. The van der Waals surface area contributed by atoms with E-state index in [1.54, 1.807) is 10.6 Å². The van der Waals surface area contributed by atoms with Crippen molar-refractivity contribution in [2.45, 2.75) is 64.4 Å². The average molecular weight is 1130 g/mol. The third kappa shape index (κ3) is 18.1. The topological polar surface area (TPSA) is 155 Å². The number of benzene rings is 4. The Morgan fingerprint density at radius 2 is 1.04 bits per heavy atom. The minimum absolute atomic E-state index is 0.0172. The number of aryl methyl sites for hydroxylation is 2. The number of hydrogen-bond acceptors (Lipinski definition) is 7. The Hall–Kier alpha value is -6.04. The zero-order valence-electron chi connectivity index (χ0n) is 38.0. The zero-order chi connectivity index (χ0) is 55.4. The van der Waals surface area contributed by atoms with Crippen molar-refractivity contribution in [2.24, 2.45) is 5.16 Å². The lowest BCUT2D eigenvalue weighted by Crippen LogP contribution is -2.42. The molecule has 11 nitrogen and oxygen atoms in total. The molecule has 1 atom stereocenters. The van der Waals surface area contributed by atoms with E-state index >= 15 is 0 Å². The minimum Gasteiger partial charge on any atom is -0.374 e. The molecule has 1 heterocycles. The van der Waals surface area contributed by atoms with Crippen molar-refractivity contribution in [3.05, 3.63) is 143 Å². The molecule has 1 unspecified atom stereocenters. The molecule has 73 heavy (non-hydrogen) atoms. The van der Waals surface area contributed by atoms with Crippen LogP contribution in [0, 0.1) is 13.8 Å². The van der Waals surface area contributed by atoms with E-state index in [2.05, 4.69) is 15.8 Å². The largest absolute Gasteiger partial charge is 0.435 e. The normalized spacial score (nSPS) is 14.8. The Morgan fingerprint density at radius 3 is 1.45 bits per heavy atom. The summed E-state index contributed by atoms with van der Waals surface area (Å²) >= 11 is 23.3. The molecule has 4 aromatic carbocycles. The summed E-state index contributed by atoms with van der Waals surface area (Å²) in [4.78, 5) is 65.0. The summed E-state index contributed by atoms with van der Waals surface area (Å²) < 4.78 is 156. The van der Waals surface area contributed by atoms with E-state index in [-0.39, 0.29) is 59.2 Å². The maximum atomic E-state index is 14.1. The standard InChI is InChI=1S/C22H17Cl2F6N3O3.C22H16Cl2F6N2O3.C2H6/c1-11-4-12(2-3-16(11)19(35)31-9-18(34)32-10-21(25,26)27)17-8-20(36-33-17,22(28,29)30)13-5-14(23)7-15(24)6-13;1-11-4-12(2-3-16(11)20(35)31-9-19(34)32-10-21(25,26)27)18(33)8-17(22(28,29)30)13-5-14(23)7-15(24)6-13;1-2/h2-7H,8-10H2,1H3,(H,31,35)(H,32,34);2-8H,9-10H2,1H3,(H,31,35)(H,32,34);1-2H3/b;17-8+;. The molecular formula is C46H39Cl4F12N5O6. The zero-order valence-corrected chi connectivity index (χ0v) is 41.0. The lowest BCUT2D eigenvalue weighted by atomic mass is 9.86. The molecule has 0 spiro atoms. The van der Waals surface area contributed by atoms with Gasteiger partial charge in [-0.2, -0.15) is 52.7 Å². The molecule has 27 heteroatoms. The maximum Gasteiger partial charge on any atom is 0.435 e. The highest BCUT2D eigenvalue weighted by molar-refractivity contribution is 6.35. The number of nitrogens with zero attached hydrogens (tertiary/aromatic N) is 1. The molecule has 0 fully saturated rings. The second kappa shape index (κ2) is 25.3. The van der Waals surface area contributed by atoms with Crippen LogP contribution in [-0.2, 0) is 20.0 Å². The number of allylic oxidation sites excluding steroid dienone is 2. The number of rotatable bonds is 13. The highest BCUT2D eigenvalue weighted by Crippen LogP contribution is 2.50. The molecule has 1 aliphatic rings. The van der Waals surface area contributed by atoms with E-state index in [4.69, 9.17) is 51.2 Å². The van der Waals surface area contributed by atoms with Crippen molar-refractivity contribution in [2.75, 3.05) is 26.2 Å². The number of oxime groups is 1. The number of carbonyl (C=O) groups excluding carboxylic acids is 5. The van der Waals surface area contributed by atoms with Crippen LogP contribution in [0.25, 0.3) is 5.57 Å².